The summed E-state index contributed by atoms with van der Waals surface area (Å²) in [7, 11) is 1.68. The Hall–Kier alpha value is -2.61. The number of nitrogens with one attached hydrogen (secondary N) is 1. The van der Waals surface area contributed by atoms with E-state index in [-0.39, 0.29) is 11.4 Å². The van der Waals surface area contributed by atoms with E-state index in [1.807, 2.05) is 0 Å². The van der Waals surface area contributed by atoms with Crippen molar-refractivity contribution in [3.63, 3.8) is 0 Å². The SMILES string of the molecule is Cn1nnnc1SCC1=C(C(=O)O)N2C(=O)/C(=N\NC(=O)OC(C)(C)C)[C@H]2SC1. The minimum atomic E-state index is -1.20. The Morgan fingerprint density at radius 1 is 1.45 bits per heavy atom. The highest BCUT2D eigenvalue weighted by Crippen LogP contribution is 2.39. The van der Waals surface area contributed by atoms with E-state index >= 15 is 0 Å². The second kappa shape index (κ2) is 8.02. The van der Waals surface area contributed by atoms with E-state index < -0.39 is 28.9 Å². The molecule has 0 aromatic carbocycles. The average molecular weight is 441 g/mol. The van der Waals surface area contributed by atoms with E-state index in [9.17, 15) is 19.5 Å². The summed E-state index contributed by atoms with van der Waals surface area (Å²) in [5, 5.41) is 24.5. The molecule has 1 atom stereocenters. The Labute approximate surface area is 174 Å². The Balaban J connectivity index is 1.72. The van der Waals surface area contributed by atoms with Crippen molar-refractivity contribution < 1.29 is 24.2 Å². The molecule has 1 saturated heterocycles. The number of carboxylic acid groups (broad SMARTS) is 1. The van der Waals surface area contributed by atoms with Crippen LogP contribution >= 0.6 is 23.5 Å². The van der Waals surface area contributed by atoms with Crippen molar-refractivity contribution in [2.45, 2.75) is 36.9 Å². The molecule has 29 heavy (non-hydrogen) atoms. The van der Waals surface area contributed by atoms with Crippen molar-refractivity contribution in [3.8, 4) is 0 Å². The van der Waals surface area contributed by atoms with Crippen LogP contribution in [0.3, 0.4) is 0 Å². The number of hydrogen-bond donors (Lipinski definition) is 2. The fourth-order valence-electron chi connectivity index (χ4n) is 2.55. The Morgan fingerprint density at radius 2 is 2.17 bits per heavy atom. The topological polar surface area (TPSA) is 152 Å². The van der Waals surface area contributed by atoms with Gasteiger partial charge in [-0.3, -0.25) is 9.69 Å². The molecular formula is C15H19N7O5S2. The predicted octanol–water partition coefficient (Wildman–Crippen LogP) is 0.437. The summed E-state index contributed by atoms with van der Waals surface area (Å²) in [5.41, 5.74) is 2.06. The van der Waals surface area contributed by atoms with Crippen LogP contribution in [0.15, 0.2) is 21.5 Å². The lowest BCUT2D eigenvalue weighted by Crippen LogP contribution is -2.63. The zero-order valence-corrected chi connectivity index (χ0v) is 17.7. The van der Waals surface area contributed by atoms with Crippen molar-refractivity contribution in [2.75, 3.05) is 11.5 Å². The summed E-state index contributed by atoms with van der Waals surface area (Å²) in [6, 6.07) is 0. The number of hydrazone groups is 1. The van der Waals surface area contributed by atoms with Crippen LogP contribution in [0.4, 0.5) is 4.79 Å². The monoisotopic (exact) mass is 441 g/mol. The standard InChI is InChI=1S/C15H19N7O5S2/c1-15(2,3)27-14(26)18-16-8-10(23)22-9(12(24)25)7(5-28-11(8)22)6-29-13-17-19-20-21(13)4/h11H,5-6H2,1-4H3,(H,18,26)(H,24,25)/b16-8+/t11-/m1/s1. The average Bonchev–Trinajstić information content (AvgIpc) is 3.02. The minimum absolute atomic E-state index is 0.0717. The van der Waals surface area contributed by atoms with Gasteiger partial charge in [-0.1, -0.05) is 11.8 Å². The molecule has 14 heteroatoms. The van der Waals surface area contributed by atoms with Crippen LogP contribution in [-0.2, 0) is 21.4 Å². The first-order valence-corrected chi connectivity index (χ1v) is 10.4. The van der Waals surface area contributed by atoms with E-state index in [1.54, 1.807) is 27.8 Å². The molecule has 0 radical (unpaired) electrons. The Kier molecular flexibility index (Phi) is 5.84. The van der Waals surface area contributed by atoms with Crippen molar-refractivity contribution in [3.05, 3.63) is 11.3 Å². The molecule has 156 valence electrons. The van der Waals surface area contributed by atoms with Gasteiger partial charge < -0.3 is 9.84 Å². The molecule has 12 nitrogen and oxygen atoms in total. The van der Waals surface area contributed by atoms with Crippen LogP contribution in [0.5, 0.6) is 0 Å². The molecule has 1 fully saturated rings. The van der Waals surface area contributed by atoms with Gasteiger partial charge in [0.2, 0.25) is 5.16 Å². The number of thioether (sulfide) groups is 2. The maximum absolute atomic E-state index is 12.5. The number of aromatic nitrogens is 4. The second-order valence-electron chi connectivity index (χ2n) is 7.08. The fourth-order valence-corrected chi connectivity index (χ4v) is 4.80. The van der Waals surface area contributed by atoms with Gasteiger partial charge in [0.1, 0.15) is 16.7 Å². The van der Waals surface area contributed by atoms with Crippen LogP contribution in [0, 0.1) is 0 Å². The summed E-state index contributed by atoms with van der Waals surface area (Å²) in [6.07, 6.45) is -0.791. The number of carbonyl (C=O) groups is 3. The molecular weight excluding hydrogens is 422 g/mol. The smallest absolute Gasteiger partial charge is 0.428 e. The quantitative estimate of drug-likeness (QED) is 0.374. The van der Waals surface area contributed by atoms with Crippen molar-refractivity contribution in [1.82, 2.24) is 30.5 Å². The van der Waals surface area contributed by atoms with Gasteiger partial charge in [-0.15, -0.1) is 16.9 Å². The highest BCUT2D eigenvalue weighted by Gasteiger charge is 2.51. The van der Waals surface area contributed by atoms with E-state index in [2.05, 4.69) is 26.1 Å². The van der Waals surface area contributed by atoms with Crippen LogP contribution in [0.1, 0.15) is 20.8 Å². The van der Waals surface area contributed by atoms with Gasteiger partial charge in [0.25, 0.3) is 5.91 Å². The summed E-state index contributed by atoms with van der Waals surface area (Å²) in [4.78, 5) is 37.2. The molecule has 0 unspecified atom stereocenters. The predicted molar refractivity (Wildman–Crippen MR) is 104 cm³/mol. The van der Waals surface area contributed by atoms with Crippen LogP contribution in [-0.4, -0.2) is 76.4 Å². The molecule has 2 aliphatic rings. The van der Waals surface area contributed by atoms with Gasteiger partial charge in [-0.05, 0) is 36.8 Å². The molecule has 3 rings (SSSR count). The molecule has 2 N–H and O–H groups in total. The first-order chi connectivity index (χ1) is 13.6. The third kappa shape index (κ3) is 4.53. The number of ether oxygens (including phenoxy) is 1. The first kappa shape index (κ1) is 21.1. The van der Waals surface area contributed by atoms with Gasteiger partial charge in [-0.25, -0.2) is 19.7 Å². The summed E-state index contributed by atoms with van der Waals surface area (Å²) < 4.78 is 6.55. The largest absolute Gasteiger partial charge is 0.477 e. The van der Waals surface area contributed by atoms with E-state index in [0.717, 1.165) is 0 Å². The van der Waals surface area contributed by atoms with Crippen molar-refractivity contribution in [1.29, 1.82) is 0 Å². The number of hydrogen-bond acceptors (Lipinski definition) is 10. The number of amides is 2. The van der Waals surface area contributed by atoms with Crippen LogP contribution in [0.2, 0.25) is 0 Å². The zero-order chi connectivity index (χ0) is 21.3. The minimum Gasteiger partial charge on any atom is -0.477 e. The molecule has 0 bridgehead atoms. The number of aryl methyl sites for hydroxylation is 1. The van der Waals surface area contributed by atoms with Gasteiger partial charge in [0.15, 0.2) is 5.71 Å². The van der Waals surface area contributed by atoms with Gasteiger partial charge in [0.05, 0.1) is 0 Å². The first-order valence-electron chi connectivity index (χ1n) is 8.40. The highest BCUT2D eigenvalue weighted by atomic mass is 32.2. The van der Waals surface area contributed by atoms with E-state index in [0.29, 0.717) is 22.2 Å². The Bertz CT molecular complexity index is 920. The van der Waals surface area contributed by atoms with Crippen molar-refractivity contribution >= 4 is 47.2 Å². The molecule has 2 aliphatic heterocycles. The highest BCUT2D eigenvalue weighted by molar-refractivity contribution is 8.01. The number of β-lactam (4-membered cyclic amide) rings is 1. The van der Waals surface area contributed by atoms with E-state index in [1.165, 1.54) is 33.1 Å². The fraction of sp³-hybridized carbons (Fsp3) is 0.533. The number of carboxylic acids is 1. The van der Waals surface area contributed by atoms with Crippen molar-refractivity contribution in [2.24, 2.45) is 12.1 Å². The molecule has 1 aromatic heterocycles. The van der Waals surface area contributed by atoms with Crippen LogP contribution < -0.4 is 5.43 Å². The number of carbonyl (C=O) groups excluding carboxylic acids is 2. The molecule has 2 amide bonds. The summed E-state index contributed by atoms with van der Waals surface area (Å²) in [5.74, 6) is -1.06. The molecule has 3 heterocycles. The number of aliphatic carboxylic acids is 1. The number of rotatable bonds is 5. The third-order valence-electron chi connectivity index (χ3n) is 3.72. The number of tetrazole rings is 1. The van der Waals surface area contributed by atoms with Gasteiger partial charge in [0, 0.05) is 18.6 Å². The lowest BCUT2D eigenvalue weighted by atomic mass is 10.1. The number of fused-ring (bicyclic) bond motifs is 1. The summed E-state index contributed by atoms with van der Waals surface area (Å²) in [6.45, 7) is 5.11. The van der Waals surface area contributed by atoms with E-state index in [4.69, 9.17) is 4.74 Å². The molecule has 0 spiro atoms. The number of nitrogens with zero attached hydrogens (tertiary/aromatic N) is 6. The maximum atomic E-state index is 12.5. The summed E-state index contributed by atoms with van der Waals surface area (Å²) >= 11 is 2.63. The van der Waals surface area contributed by atoms with Gasteiger partial charge >= 0.3 is 12.1 Å². The normalized spacial score (nSPS) is 20.4. The van der Waals surface area contributed by atoms with Gasteiger partial charge in [-0.2, -0.15) is 5.10 Å². The third-order valence-corrected chi connectivity index (χ3v) is 6.09. The molecule has 1 aromatic rings. The molecule has 0 aliphatic carbocycles. The molecule has 0 saturated carbocycles. The lowest BCUT2D eigenvalue weighted by molar-refractivity contribution is -0.139. The zero-order valence-electron chi connectivity index (χ0n) is 16.1. The lowest BCUT2D eigenvalue weighted by Gasteiger charge is -2.44. The Morgan fingerprint density at radius 3 is 2.76 bits per heavy atom. The van der Waals surface area contributed by atoms with Crippen LogP contribution in [0.25, 0.3) is 0 Å². The maximum Gasteiger partial charge on any atom is 0.428 e. The second-order valence-corrected chi connectivity index (χ2v) is 9.09.